The maximum absolute atomic E-state index is 13.4. The zero-order chi connectivity index (χ0) is 24.2. The molecule has 0 amide bonds. The van der Waals surface area contributed by atoms with E-state index in [4.69, 9.17) is 9.47 Å². The number of esters is 2. The van der Waals surface area contributed by atoms with Crippen molar-refractivity contribution in [3.05, 3.63) is 81.9 Å². The van der Waals surface area contributed by atoms with Crippen LogP contribution in [0.5, 0.6) is 0 Å². The van der Waals surface area contributed by atoms with Gasteiger partial charge in [-0.1, -0.05) is 45.0 Å². The summed E-state index contributed by atoms with van der Waals surface area (Å²) in [6.07, 6.45) is 5.21. The monoisotopic (exact) mass is 446 g/mol. The quantitative estimate of drug-likeness (QED) is 0.442. The maximum Gasteiger partial charge on any atom is 0.337 e. The standard InChI is InChI=1S/C28H30O5/c1-28(2,3)24-16-22(14-18-6-10-20(11-7-18)26(30)32-4)25(29)23(17-24)15-19-8-12-21(13-9-19)27(31)33-5/h6-15,24H,16-17H2,1-5H3/b22-14+,23-15+. The molecular weight excluding hydrogens is 416 g/mol. The van der Waals surface area contributed by atoms with Crippen molar-refractivity contribution in [2.75, 3.05) is 14.2 Å². The summed E-state index contributed by atoms with van der Waals surface area (Å²) >= 11 is 0. The van der Waals surface area contributed by atoms with E-state index in [1.807, 2.05) is 36.4 Å². The molecule has 0 bridgehead atoms. The Morgan fingerprint density at radius 2 is 1.12 bits per heavy atom. The number of allylic oxidation sites excluding steroid dienone is 2. The van der Waals surface area contributed by atoms with Crippen LogP contribution in [0, 0.1) is 11.3 Å². The van der Waals surface area contributed by atoms with Gasteiger partial charge in [0.1, 0.15) is 0 Å². The summed E-state index contributed by atoms with van der Waals surface area (Å²) in [6, 6.07) is 14.1. The first kappa shape index (κ1) is 24.2. The summed E-state index contributed by atoms with van der Waals surface area (Å²) in [5.41, 5.74) is 4.21. The van der Waals surface area contributed by atoms with Crippen molar-refractivity contribution < 1.29 is 23.9 Å². The van der Waals surface area contributed by atoms with E-state index in [1.165, 1.54) is 14.2 Å². The lowest BCUT2D eigenvalue weighted by molar-refractivity contribution is -0.113. The summed E-state index contributed by atoms with van der Waals surface area (Å²) in [4.78, 5) is 36.7. The van der Waals surface area contributed by atoms with Crippen LogP contribution in [0.1, 0.15) is 65.5 Å². The third-order valence-electron chi connectivity index (χ3n) is 6.09. The third kappa shape index (κ3) is 5.86. The minimum absolute atomic E-state index is 0.0301. The van der Waals surface area contributed by atoms with E-state index in [2.05, 4.69) is 20.8 Å². The average Bonchev–Trinajstić information content (AvgIpc) is 2.80. The van der Waals surface area contributed by atoms with E-state index in [9.17, 15) is 14.4 Å². The molecule has 0 aromatic heterocycles. The van der Waals surface area contributed by atoms with E-state index in [0.29, 0.717) is 29.9 Å². The van der Waals surface area contributed by atoms with Crippen LogP contribution in [0.4, 0.5) is 0 Å². The summed E-state index contributed by atoms with van der Waals surface area (Å²) in [5, 5.41) is 0. The van der Waals surface area contributed by atoms with Crippen LogP contribution in [-0.2, 0) is 14.3 Å². The smallest absolute Gasteiger partial charge is 0.337 e. The summed E-state index contributed by atoms with van der Waals surface area (Å²) in [7, 11) is 2.70. The zero-order valence-corrected chi connectivity index (χ0v) is 19.8. The SMILES string of the molecule is COC(=O)c1ccc(/C=C2\CC(C(C)(C)C)C/C(=C\c3ccc(C(=O)OC)cc3)C2=O)cc1. The van der Waals surface area contributed by atoms with E-state index < -0.39 is 0 Å². The van der Waals surface area contributed by atoms with Gasteiger partial charge >= 0.3 is 11.9 Å². The number of hydrogen-bond donors (Lipinski definition) is 0. The molecule has 2 aromatic carbocycles. The van der Waals surface area contributed by atoms with Gasteiger partial charge in [-0.25, -0.2) is 9.59 Å². The Morgan fingerprint density at radius 1 is 0.758 bits per heavy atom. The predicted octanol–water partition coefficient (Wildman–Crippen LogP) is 5.75. The van der Waals surface area contributed by atoms with Crippen molar-refractivity contribution in [3.63, 3.8) is 0 Å². The molecule has 1 fully saturated rings. The van der Waals surface area contributed by atoms with E-state index in [1.54, 1.807) is 24.3 Å². The minimum atomic E-state index is -0.390. The zero-order valence-electron chi connectivity index (χ0n) is 19.8. The molecule has 0 saturated heterocycles. The van der Waals surface area contributed by atoms with Crippen molar-refractivity contribution in [1.82, 2.24) is 0 Å². The minimum Gasteiger partial charge on any atom is -0.465 e. The molecule has 5 heteroatoms. The van der Waals surface area contributed by atoms with Gasteiger partial charge in [-0.05, 0) is 71.7 Å². The van der Waals surface area contributed by atoms with E-state index >= 15 is 0 Å². The molecule has 0 spiro atoms. The van der Waals surface area contributed by atoms with E-state index in [-0.39, 0.29) is 23.1 Å². The van der Waals surface area contributed by atoms with Gasteiger partial charge in [0, 0.05) is 11.1 Å². The Bertz CT molecular complexity index is 1010. The summed E-state index contributed by atoms with van der Waals surface area (Å²) in [5.74, 6) is -0.445. The number of carbonyl (C=O) groups is 3. The molecule has 1 aliphatic carbocycles. The van der Waals surface area contributed by atoms with Gasteiger partial charge in [-0.3, -0.25) is 4.79 Å². The first-order valence-electron chi connectivity index (χ1n) is 10.9. The Kier molecular flexibility index (Phi) is 7.32. The first-order chi connectivity index (χ1) is 15.6. The van der Waals surface area contributed by atoms with E-state index in [0.717, 1.165) is 22.3 Å². The molecule has 0 N–H and O–H groups in total. The number of ketones is 1. The van der Waals surface area contributed by atoms with Gasteiger partial charge in [0.25, 0.3) is 0 Å². The second kappa shape index (κ2) is 9.99. The molecule has 172 valence electrons. The first-order valence-corrected chi connectivity index (χ1v) is 10.9. The second-order valence-corrected chi connectivity index (χ2v) is 9.37. The molecule has 3 rings (SSSR count). The average molecular weight is 447 g/mol. The second-order valence-electron chi connectivity index (χ2n) is 9.37. The number of rotatable bonds is 4. The van der Waals surface area contributed by atoms with Crippen molar-refractivity contribution in [2.45, 2.75) is 33.6 Å². The van der Waals surface area contributed by atoms with Crippen LogP contribution in [0.15, 0.2) is 59.7 Å². The maximum atomic E-state index is 13.4. The van der Waals surface area contributed by atoms with Crippen LogP contribution >= 0.6 is 0 Å². The van der Waals surface area contributed by atoms with Crippen molar-refractivity contribution in [2.24, 2.45) is 11.3 Å². The molecule has 0 atom stereocenters. The predicted molar refractivity (Wildman–Crippen MR) is 129 cm³/mol. The number of benzene rings is 2. The number of methoxy groups -OCH3 is 2. The van der Waals surface area contributed by atoms with Crippen LogP contribution in [-0.4, -0.2) is 31.9 Å². The molecule has 1 saturated carbocycles. The van der Waals surface area contributed by atoms with Crippen molar-refractivity contribution in [1.29, 1.82) is 0 Å². The lowest BCUT2D eigenvalue weighted by atomic mass is 9.68. The largest absolute Gasteiger partial charge is 0.465 e. The molecule has 2 aromatic rings. The normalized spacial score (nSPS) is 18.9. The van der Waals surface area contributed by atoms with Gasteiger partial charge < -0.3 is 9.47 Å². The molecule has 0 unspecified atom stereocenters. The molecule has 1 aliphatic rings. The number of hydrogen-bond acceptors (Lipinski definition) is 5. The van der Waals surface area contributed by atoms with Crippen LogP contribution in [0.25, 0.3) is 12.2 Å². The molecule has 0 aliphatic heterocycles. The Morgan fingerprint density at radius 3 is 1.42 bits per heavy atom. The third-order valence-corrected chi connectivity index (χ3v) is 6.09. The highest BCUT2D eigenvalue weighted by atomic mass is 16.5. The summed E-state index contributed by atoms with van der Waals surface area (Å²) in [6.45, 7) is 6.58. The van der Waals surface area contributed by atoms with Crippen LogP contribution in [0.2, 0.25) is 0 Å². The van der Waals surface area contributed by atoms with Gasteiger partial charge in [0.2, 0.25) is 0 Å². The van der Waals surface area contributed by atoms with Crippen LogP contribution in [0.3, 0.4) is 0 Å². The topological polar surface area (TPSA) is 69.7 Å². The van der Waals surface area contributed by atoms with Crippen molar-refractivity contribution >= 4 is 29.9 Å². The highest BCUT2D eigenvalue weighted by Gasteiger charge is 2.34. The number of carbonyl (C=O) groups excluding carboxylic acids is 3. The van der Waals surface area contributed by atoms with Crippen LogP contribution < -0.4 is 0 Å². The van der Waals surface area contributed by atoms with Gasteiger partial charge in [-0.2, -0.15) is 0 Å². The fourth-order valence-corrected chi connectivity index (χ4v) is 3.92. The molecule has 33 heavy (non-hydrogen) atoms. The number of Topliss-reactive ketones (excluding diaryl/α,β-unsaturated/α-hetero) is 1. The lowest BCUT2D eigenvalue weighted by Gasteiger charge is -2.35. The molecule has 0 radical (unpaired) electrons. The Hall–Kier alpha value is -3.47. The Labute approximate surface area is 195 Å². The van der Waals surface area contributed by atoms with Gasteiger partial charge in [0.05, 0.1) is 25.3 Å². The highest BCUT2D eigenvalue weighted by molar-refractivity contribution is 6.14. The molecule has 5 nitrogen and oxygen atoms in total. The molecule has 0 heterocycles. The fraction of sp³-hybridized carbons (Fsp3) is 0.321. The summed E-state index contributed by atoms with van der Waals surface area (Å²) < 4.78 is 9.50. The van der Waals surface area contributed by atoms with Crippen molar-refractivity contribution in [3.8, 4) is 0 Å². The highest BCUT2D eigenvalue weighted by Crippen LogP contribution is 2.42. The van der Waals surface area contributed by atoms with Gasteiger partial charge in [-0.15, -0.1) is 0 Å². The number of ether oxygens (including phenoxy) is 2. The fourth-order valence-electron chi connectivity index (χ4n) is 3.92. The molecular formula is C28H30O5. The lowest BCUT2D eigenvalue weighted by Crippen LogP contribution is -2.29. The van der Waals surface area contributed by atoms with Gasteiger partial charge in [0.15, 0.2) is 5.78 Å². The Balaban J connectivity index is 1.94.